The molecule has 72 valence electrons. The minimum Gasteiger partial charge on any atom is -0.321 e. The number of nitro groups is 1. The standard InChI is InChI=1S/C3H4N4O5S/c8-7(9)6-3-4-1-2(5-3)12-13(10)11-1/h1-2H,(H2,4,5,6). The molecular weight excluding hydrogens is 204 g/mol. The average molecular weight is 208 g/mol. The van der Waals surface area contributed by atoms with Gasteiger partial charge in [0, 0.05) is 0 Å². The summed E-state index contributed by atoms with van der Waals surface area (Å²) >= 11 is -1.81. The molecule has 2 aliphatic rings. The molecule has 2 atom stereocenters. The topological polar surface area (TPSA) is 115 Å². The first-order valence-electron chi connectivity index (χ1n) is 3.17. The molecule has 9 nitrogen and oxygen atoms in total. The number of nitrogens with zero attached hydrogens (tertiary/aromatic N) is 2. The second kappa shape index (κ2) is 2.90. The quantitative estimate of drug-likeness (QED) is 0.378. The largest absolute Gasteiger partial charge is 0.321 e. The first-order valence-corrected chi connectivity index (χ1v) is 4.17. The third kappa shape index (κ3) is 1.59. The number of hydrazone groups is 1. The van der Waals surface area contributed by atoms with Crippen LogP contribution in [0.5, 0.6) is 0 Å². The molecule has 0 aromatic carbocycles. The van der Waals surface area contributed by atoms with Crippen molar-refractivity contribution < 1.29 is 17.6 Å². The van der Waals surface area contributed by atoms with Crippen LogP contribution < -0.4 is 10.6 Å². The monoisotopic (exact) mass is 208 g/mol. The summed E-state index contributed by atoms with van der Waals surface area (Å²) in [4.78, 5) is 9.94. The molecule has 0 saturated carbocycles. The number of fused-ring (bicyclic) bond motifs is 1. The molecule has 0 spiro atoms. The number of hydrogen-bond donors (Lipinski definition) is 2. The number of nitrogens with one attached hydrogen (secondary N) is 2. The van der Waals surface area contributed by atoms with Crippen molar-refractivity contribution in [3.8, 4) is 0 Å². The highest BCUT2D eigenvalue weighted by atomic mass is 32.2. The Morgan fingerprint density at radius 3 is 2.46 bits per heavy atom. The zero-order valence-electron chi connectivity index (χ0n) is 6.00. The van der Waals surface area contributed by atoms with Crippen LogP contribution in [0.4, 0.5) is 0 Å². The zero-order chi connectivity index (χ0) is 9.42. The molecule has 2 rings (SSSR count). The lowest BCUT2D eigenvalue weighted by atomic mass is 10.5. The van der Waals surface area contributed by atoms with E-state index in [4.69, 9.17) is 0 Å². The van der Waals surface area contributed by atoms with Crippen molar-refractivity contribution in [3.05, 3.63) is 10.1 Å². The highest BCUT2D eigenvalue weighted by Crippen LogP contribution is 2.16. The van der Waals surface area contributed by atoms with Crippen molar-refractivity contribution in [1.82, 2.24) is 10.6 Å². The van der Waals surface area contributed by atoms with Gasteiger partial charge in [0.25, 0.3) is 5.96 Å². The van der Waals surface area contributed by atoms with E-state index in [0.29, 0.717) is 0 Å². The highest BCUT2D eigenvalue weighted by molar-refractivity contribution is 7.75. The predicted molar refractivity (Wildman–Crippen MR) is 38.6 cm³/mol. The summed E-state index contributed by atoms with van der Waals surface area (Å²) in [6.45, 7) is 0. The van der Waals surface area contributed by atoms with Gasteiger partial charge in [-0.1, -0.05) is 0 Å². The fourth-order valence-electron chi connectivity index (χ4n) is 0.943. The maximum atomic E-state index is 10.6. The molecule has 2 fully saturated rings. The molecular formula is C3H4N4O5S. The van der Waals surface area contributed by atoms with E-state index in [1.165, 1.54) is 0 Å². The second-order valence-corrected chi connectivity index (χ2v) is 3.01. The summed E-state index contributed by atoms with van der Waals surface area (Å²) in [6.07, 6.45) is -1.39. The predicted octanol–water partition coefficient (Wildman–Crippen LogP) is -2.00. The van der Waals surface area contributed by atoms with E-state index in [0.717, 1.165) is 0 Å². The van der Waals surface area contributed by atoms with Crippen LogP contribution in [0, 0.1) is 10.1 Å². The molecule has 13 heavy (non-hydrogen) atoms. The molecule has 0 bridgehead atoms. The molecule has 2 heterocycles. The van der Waals surface area contributed by atoms with Crippen LogP contribution in [0.2, 0.25) is 0 Å². The van der Waals surface area contributed by atoms with Crippen molar-refractivity contribution in [2.75, 3.05) is 0 Å². The molecule has 0 aromatic rings. The van der Waals surface area contributed by atoms with Gasteiger partial charge >= 0.3 is 11.4 Å². The highest BCUT2D eigenvalue weighted by Gasteiger charge is 2.42. The lowest BCUT2D eigenvalue weighted by Crippen LogP contribution is -2.30. The Bertz CT molecular complexity index is 286. The third-order valence-corrected chi connectivity index (χ3v) is 2.11. The summed E-state index contributed by atoms with van der Waals surface area (Å²) in [7, 11) is 0. The fraction of sp³-hybridized carbons (Fsp3) is 0.667. The maximum Gasteiger partial charge on any atom is 0.309 e. The van der Waals surface area contributed by atoms with E-state index in [9.17, 15) is 14.3 Å². The molecule has 2 unspecified atom stereocenters. The molecule has 0 amide bonds. The van der Waals surface area contributed by atoms with Crippen LogP contribution in [-0.2, 0) is 19.7 Å². The summed E-state index contributed by atoms with van der Waals surface area (Å²) in [5.74, 6) is -0.0725. The Morgan fingerprint density at radius 2 is 2.00 bits per heavy atom. The smallest absolute Gasteiger partial charge is 0.309 e. The SMILES string of the molecule is O=[N+]([O-])N=C1NC2OS(=O)OC2N1. The Balaban J connectivity index is 2.05. The van der Waals surface area contributed by atoms with Crippen LogP contribution in [0.15, 0.2) is 5.10 Å². The van der Waals surface area contributed by atoms with Crippen molar-refractivity contribution in [3.63, 3.8) is 0 Å². The Morgan fingerprint density at radius 1 is 1.46 bits per heavy atom. The first-order chi connectivity index (χ1) is 6.15. The molecule has 2 N–H and O–H groups in total. The minimum atomic E-state index is -1.81. The van der Waals surface area contributed by atoms with Gasteiger partial charge in [0.05, 0.1) is 0 Å². The summed E-state index contributed by atoms with van der Waals surface area (Å²) in [5.41, 5.74) is 0. The fourth-order valence-corrected chi connectivity index (χ4v) is 1.62. The van der Waals surface area contributed by atoms with E-state index < -0.39 is 28.8 Å². The molecule has 2 saturated heterocycles. The van der Waals surface area contributed by atoms with Gasteiger partial charge in [0.2, 0.25) is 0 Å². The van der Waals surface area contributed by atoms with E-state index in [2.05, 4.69) is 24.1 Å². The number of hydrogen-bond acceptors (Lipinski definition) is 5. The summed E-state index contributed by atoms with van der Waals surface area (Å²) in [5, 5.41) is 17.0. The van der Waals surface area contributed by atoms with Crippen molar-refractivity contribution in [1.29, 1.82) is 0 Å². The van der Waals surface area contributed by atoms with Crippen molar-refractivity contribution in [2.24, 2.45) is 5.10 Å². The minimum absolute atomic E-state index is 0.0725. The first kappa shape index (κ1) is 8.34. The van der Waals surface area contributed by atoms with E-state index in [-0.39, 0.29) is 5.96 Å². The maximum absolute atomic E-state index is 10.6. The number of rotatable bonds is 1. The lowest BCUT2D eigenvalue weighted by molar-refractivity contribution is -0.485. The van der Waals surface area contributed by atoms with Gasteiger partial charge in [0.1, 0.15) is 5.10 Å². The van der Waals surface area contributed by atoms with Crippen LogP contribution >= 0.6 is 0 Å². The number of guanidine groups is 1. The molecule has 0 aliphatic carbocycles. The molecule has 10 heteroatoms. The molecule has 0 aromatic heterocycles. The van der Waals surface area contributed by atoms with Gasteiger partial charge in [-0.25, -0.2) is 18.5 Å². The normalized spacial score (nSPS) is 36.3. The van der Waals surface area contributed by atoms with Gasteiger partial charge in [-0.15, -0.1) is 0 Å². The Kier molecular flexibility index (Phi) is 1.86. The lowest BCUT2D eigenvalue weighted by Gasteiger charge is -1.98. The molecule has 2 aliphatic heterocycles. The zero-order valence-corrected chi connectivity index (χ0v) is 6.82. The van der Waals surface area contributed by atoms with E-state index >= 15 is 0 Å². The van der Waals surface area contributed by atoms with Crippen LogP contribution in [0.3, 0.4) is 0 Å². The van der Waals surface area contributed by atoms with Crippen LogP contribution in [-0.4, -0.2) is 27.7 Å². The summed E-state index contributed by atoms with van der Waals surface area (Å²) in [6, 6.07) is 0. The van der Waals surface area contributed by atoms with Gasteiger partial charge in [0.15, 0.2) is 17.5 Å². The second-order valence-electron chi connectivity index (χ2n) is 2.21. The van der Waals surface area contributed by atoms with Crippen molar-refractivity contribution >= 4 is 17.3 Å². The van der Waals surface area contributed by atoms with E-state index in [1.807, 2.05) is 0 Å². The Labute approximate surface area is 74.1 Å². The van der Waals surface area contributed by atoms with Gasteiger partial charge in [-0.05, 0) is 0 Å². The molecule has 0 radical (unpaired) electrons. The van der Waals surface area contributed by atoms with Crippen LogP contribution in [0.25, 0.3) is 0 Å². The van der Waals surface area contributed by atoms with Crippen LogP contribution in [0.1, 0.15) is 0 Å². The van der Waals surface area contributed by atoms with Gasteiger partial charge in [-0.3, -0.25) is 0 Å². The van der Waals surface area contributed by atoms with Crippen molar-refractivity contribution in [2.45, 2.75) is 12.5 Å². The van der Waals surface area contributed by atoms with E-state index in [1.54, 1.807) is 0 Å². The Hall–Kier alpha value is -1.26. The van der Waals surface area contributed by atoms with Gasteiger partial charge in [-0.2, -0.15) is 4.21 Å². The summed E-state index contributed by atoms with van der Waals surface area (Å²) < 4.78 is 19.9. The third-order valence-electron chi connectivity index (χ3n) is 1.38. The average Bonchev–Trinajstić information content (AvgIpc) is 2.41. The van der Waals surface area contributed by atoms with Gasteiger partial charge < -0.3 is 10.6 Å².